The molecule has 1 aromatic carbocycles. The molecule has 1 atom stereocenters. The molecule has 1 unspecified atom stereocenters. The predicted molar refractivity (Wildman–Crippen MR) is 69.8 cm³/mol. The third-order valence-corrected chi connectivity index (χ3v) is 4.05. The van der Waals surface area contributed by atoms with Gasteiger partial charge in [-0.1, -0.05) is 0 Å². The van der Waals surface area contributed by atoms with E-state index in [1.165, 1.54) is 38.5 Å². The van der Waals surface area contributed by atoms with Gasteiger partial charge in [-0.15, -0.1) is 11.6 Å². The zero-order valence-electron chi connectivity index (χ0n) is 10.4. The van der Waals surface area contributed by atoms with E-state index in [-0.39, 0.29) is 11.4 Å². The summed E-state index contributed by atoms with van der Waals surface area (Å²) in [6, 6.07) is 5.82. The normalized spacial score (nSPS) is 12.8. The summed E-state index contributed by atoms with van der Waals surface area (Å²) in [4.78, 5) is 11.1. The number of halogens is 1. The number of alkyl halides is 1. The monoisotopic (exact) mass is 307 g/mol. The minimum atomic E-state index is -3.72. The number of carbonyl (C=O) groups is 1. The second-order valence-corrected chi connectivity index (χ2v) is 5.81. The van der Waals surface area contributed by atoms with E-state index in [1.807, 2.05) is 0 Å². The Labute approximate surface area is 116 Å². The highest BCUT2D eigenvalue weighted by Crippen LogP contribution is 2.15. The molecule has 0 spiro atoms. The van der Waals surface area contributed by atoms with Gasteiger partial charge in [0.2, 0.25) is 10.0 Å². The van der Waals surface area contributed by atoms with Crippen LogP contribution < -0.4 is 9.46 Å². The summed E-state index contributed by atoms with van der Waals surface area (Å²) in [6.45, 7) is -0.247. The van der Waals surface area contributed by atoms with Crippen molar-refractivity contribution in [2.45, 2.75) is 10.3 Å². The van der Waals surface area contributed by atoms with Crippen molar-refractivity contribution in [3.8, 4) is 5.75 Å². The average molecular weight is 308 g/mol. The molecule has 0 aliphatic heterocycles. The Morgan fingerprint density at radius 2 is 1.89 bits per heavy atom. The summed E-state index contributed by atoms with van der Waals surface area (Å²) >= 11 is 5.65. The van der Waals surface area contributed by atoms with E-state index >= 15 is 0 Å². The molecule has 106 valence electrons. The van der Waals surface area contributed by atoms with Gasteiger partial charge < -0.3 is 9.47 Å². The predicted octanol–water partition coefficient (Wildman–Crippen LogP) is 0.754. The molecule has 19 heavy (non-hydrogen) atoms. The zero-order chi connectivity index (χ0) is 14.5. The van der Waals surface area contributed by atoms with Gasteiger partial charge in [0.05, 0.1) is 19.1 Å². The first-order valence-corrected chi connectivity index (χ1v) is 7.18. The summed E-state index contributed by atoms with van der Waals surface area (Å²) in [5.41, 5.74) is 0. The van der Waals surface area contributed by atoms with Gasteiger partial charge in [0.25, 0.3) is 0 Å². The molecular weight excluding hydrogens is 294 g/mol. The molecule has 6 nitrogen and oxygen atoms in total. The van der Waals surface area contributed by atoms with Crippen LogP contribution in [0.4, 0.5) is 0 Å². The first-order chi connectivity index (χ1) is 8.90. The van der Waals surface area contributed by atoms with E-state index < -0.39 is 21.4 Å². The van der Waals surface area contributed by atoms with Gasteiger partial charge in [-0.05, 0) is 24.3 Å². The quantitative estimate of drug-likeness (QED) is 0.619. The Kier molecular flexibility index (Phi) is 5.59. The Hall–Kier alpha value is -1.31. The van der Waals surface area contributed by atoms with Gasteiger partial charge in [-0.3, -0.25) is 4.79 Å². The molecule has 0 fully saturated rings. The van der Waals surface area contributed by atoms with Crippen molar-refractivity contribution < 1.29 is 22.7 Å². The lowest BCUT2D eigenvalue weighted by Gasteiger charge is -2.10. The molecular formula is C11H14ClNO5S. The molecule has 0 radical (unpaired) electrons. The lowest BCUT2D eigenvalue weighted by atomic mass is 10.3. The molecule has 0 aliphatic carbocycles. The summed E-state index contributed by atoms with van der Waals surface area (Å²) in [6.07, 6.45) is 0. The lowest BCUT2D eigenvalue weighted by molar-refractivity contribution is -0.140. The lowest BCUT2D eigenvalue weighted by Crippen LogP contribution is -2.34. The Bertz CT molecular complexity index is 529. The van der Waals surface area contributed by atoms with Crippen LogP contribution in [0.5, 0.6) is 5.75 Å². The van der Waals surface area contributed by atoms with Crippen molar-refractivity contribution in [3.05, 3.63) is 24.3 Å². The standard InChI is InChI=1S/C11H14ClNO5S/c1-17-8-3-5-9(6-4-8)19(15,16)13-7-10(12)11(14)18-2/h3-6,10,13H,7H2,1-2H3. The third-order valence-electron chi connectivity index (χ3n) is 2.28. The summed E-state index contributed by atoms with van der Waals surface area (Å²) in [5.74, 6) is -0.150. The molecule has 0 amide bonds. The van der Waals surface area contributed by atoms with Crippen LogP contribution in [0.1, 0.15) is 0 Å². The Morgan fingerprint density at radius 1 is 1.32 bits per heavy atom. The third kappa shape index (κ3) is 4.38. The van der Waals surface area contributed by atoms with Gasteiger partial charge in [0.15, 0.2) is 0 Å². The minimum absolute atomic E-state index is 0.0574. The number of esters is 1. The second-order valence-electron chi connectivity index (χ2n) is 3.52. The van der Waals surface area contributed by atoms with Crippen LogP contribution in [0.25, 0.3) is 0 Å². The molecule has 1 N–H and O–H groups in total. The topological polar surface area (TPSA) is 81.7 Å². The van der Waals surface area contributed by atoms with E-state index in [0.29, 0.717) is 5.75 Å². The van der Waals surface area contributed by atoms with Crippen LogP contribution in [0.3, 0.4) is 0 Å². The molecule has 0 saturated heterocycles. The zero-order valence-corrected chi connectivity index (χ0v) is 12.0. The number of hydrogen-bond acceptors (Lipinski definition) is 5. The maximum absolute atomic E-state index is 11.9. The van der Waals surface area contributed by atoms with Crippen LogP contribution in [0, 0.1) is 0 Å². The summed E-state index contributed by atoms with van der Waals surface area (Å²) in [7, 11) is -1.06. The largest absolute Gasteiger partial charge is 0.497 e. The smallest absolute Gasteiger partial charge is 0.325 e. The molecule has 0 aromatic heterocycles. The number of methoxy groups -OCH3 is 2. The van der Waals surface area contributed by atoms with Crippen molar-refractivity contribution in [1.29, 1.82) is 0 Å². The molecule has 1 rings (SSSR count). The number of benzene rings is 1. The maximum Gasteiger partial charge on any atom is 0.325 e. The minimum Gasteiger partial charge on any atom is -0.497 e. The average Bonchev–Trinajstić information content (AvgIpc) is 2.44. The van der Waals surface area contributed by atoms with Crippen LogP contribution in [0.15, 0.2) is 29.2 Å². The number of sulfonamides is 1. The number of carbonyl (C=O) groups excluding carboxylic acids is 1. The molecule has 0 saturated carbocycles. The van der Waals surface area contributed by atoms with E-state index in [2.05, 4.69) is 9.46 Å². The second kappa shape index (κ2) is 6.74. The number of rotatable bonds is 6. The number of ether oxygens (including phenoxy) is 2. The summed E-state index contributed by atoms with van der Waals surface area (Å²) in [5, 5.41) is -1.07. The van der Waals surface area contributed by atoms with E-state index in [1.54, 1.807) is 0 Å². The van der Waals surface area contributed by atoms with Crippen LogP contribution in [-0.4, -0.2) is 40.5 Å². The van der Waals surface area contributed by atoms with Crippen molar-refractivity contribution in [1.82, 2.24) is 4.72 Å². The Balaban J connectivity index is 2.72. The molecule has 0 bridgehead atoms. The van der Waals surface area contributed by atoms with Gasteiger partial charge >= 0.3 is 5.97 Å². The summed E-state index contributed by atoms with van der Waals surface area (Å²) < 4.78 is 35.3. The van der Waals surface area contributed by atoms with Gasteiger partial charge in [0.1, 0.15) is 11.1 Å². The molecule has 1 aromatic rings. The van der Waals surface area contributed by atoms with Crippen LogP contribution >= 0.6 is 11.6 Å². The number of hydrogen-bond donors (Lipinski definition) is 1. The Morgan fingerprint density at radius 3 is 2.37 bits per heavy atom. The van der Waals surface area contributed by atoms with Crippen molar-refractivity contribution in [3.63, 3.8) is 0 Å². The van der Waals surface area contributed by atoms with Crippen molar-refractivity contribution >= 4 is 27.6 Å². The van der Waals surface area contributed by atoms with E-state index in [0.717, 1.165) is 0 Å². The van der Waals surface area contributed by atoms with Crippen LogP contribution in [-0.2, 0) is 19.6 Å². The highest BCUT2D eigenvalue weighted by atomic mass is 35.5. The number of nitrogens with one attached hydrogen (secondary N) is 1. The molecule has 8 heteroatoms. The fourth-order valence-corrected chi connectivity index (χ4v) is 2.54. The van der Waals surface area contributed by atoms with Crippen molar-refractivity contribution in [2.75, 3.05) is 20.8 Å². The first kappa shape index (κ1) is 15.7. The van der Waals surface area contributed by atoms with Crippen molar-refractivity contribution in [2.24, 2.45) is 0 Å². The SMILES string of the molecule is COC(=O)C(Cl)CNS(=O)(=O)c1ccc(OC)cc1. The molecule has 0 aliphatic rings. The van der Waals surface area contributed by atoms with E-state index in [9.17, 15) is 13.2 Å². The van der Waals surface area contributed by atoms with Gasteiger partial charge in [-0.2, -0.15) is 0 Å². The van der Waals surface area contributed by atoms with Crippen LogP contribution in [0.2, 0.25) is 0 Å². The molecule has 0 heterocycles. The highest BCUT2D eigenvalue weighted by molar-refractivity contribution is 7.89. The highest BCUT2D eigenvalue weighted by Gasteiger charge is 2.20. The first-order valence-electron chi connectivity index (χ1n) is 5.26. The fraction of sp³-hybridized carbons (Fsp3) is 0.364. The fourth-order valence-electron chi connectivity index (χ4n) is 1.23. The maximum atomic E-state index is 11.9. The van der Waals surface area contributed by atoms with Gasteiger partial charge in [-0.25, -0.2) is 13.1 Å². The van der Waals surface area contributed by atoms with Gasteiger partial charge in [0, 0.05) is 6.54 Å². The van der Waals surface area contributed by atoms with E-state index in [4.69, 9.17) is 16.3 Å².